The summed E-state index contributed by atoms with van der Waals surface area (Å²) in [6.07, 6.45) is 0.286. The van der Waals surface area contributed by atoms with E-state index in [1.54, 1.807) is 28.2 Å². The van der Waals surface area contributed by atoms with Crippen molar-refractivity contribution in [2.45, 2.75) is 32.9 Å². The normalized spacial score (nSPS) is 17.0. The van der Waals surface area contributed by atoms with Gasteiger partial charge >= 0.3 is 0 Å². The molecule has 1 aromatic carbocycles. The Morgan fingerprint density at radius 2 is 2.04 bits per heavy atom. The van der Waals surface area contributed by atoms with Crippen LogP contribution in [0.2, 0.25) is 0 Å². The monoisotopic (exact) mass is 372 g/mol. The second kappa shape index (κ2) is 7.91. The summed E-state index contributed by atoms with van der Waals surface area (Å²) in [5.41, 5.74) is 0.819. The van der Waals surface area contributed by atoms with E-state index < -0.39 is 0 Å². The van der Waals surface area contributed by atoms with Crippen LogP contribution in [-0.4, -0.2) is 36.4 Å². The average molecular weight is 372 g/mol. The molecule has 2 amide bonds. The maximum Gasteiger partial charge on any atom is 0.232 e. The highest BCUT2D eigenvalue weighted by Crippen LogP contribution is 2.28. The van der Waals surface area contributed by atoms with Gasteiger partial charge in [0.15, 0.2) is 0 Å². The minimum Gasteiger partial charge on any atom is -0.497 e. The Kier molecular flexibility index (Phi) is 5.61. The number of nitrogens with zero attached hydrogens (tertiary/aromatic N) is 2. The SMILES string of the molecule is COc1ccc(N(Cc2cccs2)C(=O)C2CC(=O)N(C(C)C)C2)cc1. The lowest BCUT2D eigenvalue weighted by molar-refractivity contribution is -0.129. The summed E-state index contributed by atoms with van der Waals surface area (Å²) in [6.45, 7) is 4.97. The first-order valence-electron chi connectivity index (χ1n) is 8.77. The van der Waals surface area contributed by atoms with Crippen LogP contribution in [0.25, 0.3) is 0 Å². The fourth-order valence-electron chi connectivity index (χ4n) is 3.23. The zero-order valence-electron chi connectivity index (χ0n) is 15.3. The second-order valence-electron chi connectivity index (χ2n) is 6.74. The van der Waals surface area contributed by atoms with Gasteiger partial charge in [-0.2, -0.15) is 0 Å². The van der Waals surface area contributed by atoms with Crippen molar-refractivity contribution in [1.29, 1.82) is 0 Å². The highest BCUT2D eigenvalue weighted by Gasteiger charge is 2.38. The smallest absolute Gasteiger partial charge is 0.232 e. The fourth-order valence-corrected chi connectivity index (χ4v) is 3.93. The molecule has 0 bridgehead atoms. The van der Waals surface area contributed by atoms with Crippen molar-refractivity contribution in [2.75, 3.05) is 18.6 Å². The van der Waals surface area contributed by atoms with Crippen LogP contribution < -0.4 is 9.64 Å². The van der Waals surface area contributed by atoms with Crippen molar-refractivity contribution in [2.24, 2.45) is 5.92 Å². The van der Waals surface area contributed by atoms with E-state index in [0.29, 0.717) is 13.1 Å². The first-order chi connectivity index (χ1) is 12.5. The molecule has 1 aliphatic heterocycles. The number of carbonyl (C=O) groups is 2. The highest BCUT2D eigenvalue weighted by molar-refractivity contribution is 7.09. The van der Waals surface area contributed by atoms with Crippen molar-refractivity contribution in [1.82, 2.24) is 4.90 Å². The number of anilines is 1. The number of benzene rings is 1. The van der Waals surface area contributed by atoms with E-state index in [-0.39, 0.29) is 30.2 Å². The van der Waals surface area contributed by atoms with Crippen LogP contribution in [0.3, 0.4) is 0 Å². The van der Waals surface area contributed by atoms with Crippen molar-refractivity contribution in [3.63, 3.8) is 0 Å². The molecule has 1 saturated heterocycles. The molecule has 0 saturated carbocycles. The summed E-state index contributed by atoms with van der Waals surface area (Å²) in [4.78, 5) is 30.2. The maximum absolute atomic E-state index is 13.3. The number of hydrogen-bond acceptors (Lipinski definition) is 4. The van der Waals surface area contributed by atoms with E-state index in [9.17, 15) is 9.59 Å². The molecule has 1 aliphatic rings. The van der Waals surface area contributed by atoms with E-state index >= 15 is 0 Å². The Morgan fingerprint density at radius 1 is 1.31 bits per heavy atom. The van der Waals surface area contributed by atoms with E-state index in [1.165, 1.54) is 0 Å². The molecular weight excluding hydrogens is 348 g/mol. The Labute approximate surface area is 158 Å². The Hall–Kier alpha value is -2.34. The number of hydrogen-bond donors (Lipinski definition) is 0. The summed E-state index contributed by atoms with van der Waals surface area (Å²) in [7, 11) is 1.62. The van der Waals surface area contributed by atoms with Crippen molar-refractivity contribution >= 4 is 28.8 Å². The molecule has 6 heteroatoms. The van der Waals surface area contributed by atoms with Crippen molar-refractivity contribution in [3.05, 3.63) is 46.7 Å². The molecule has 2 aromatic rings. The zero-order valence-corrected chi connectivity index (χ0v) is 16.2. The Bertz CT molecular complexity index is 756. The van der Waals surface area contributed by atoms with Gasteiger partial charge in [-0.25, -0.2) is 0 Å². The first kappa shape index (κ1) is 18.5. The van der Waals surface area contributed by atoms with E-state index in [1.807, 2.05) is 55.6 Å². The number of ether oxygens (including phenoxy) is 1. The largest absolute Gasteiger partial charge is 0.497 e. The lowest BCUT2D eigenvalue weighted by atomic mass is 10.1. The summed E-state index contributed by atoms with van der Waals surface area (Å²) >= 11 is 1.62. The van der Waals surface area contributed by atoms with Crippen LogP contribution in [0.4, 0.5) is 5.69 Å². The van der Waals surface area contributed by atoms with Crippen LogP contribution in [-0.2, 0) is 16.1 Å². The molecule has 1 fully saturated rings. The average Bonchev–Trinajstić information content (AvgIpc) is 3.28. The van der Waals surface area contributed by atoms with E-state index in [2.05, 4.69) is 0 Å². The van der Waals surface area contributed by atoms with Gasteiger partial charge in [0.05, 0.1) is 19.6 Å². The van der Waals surface area contributed by atoms with Gasteiger partial charge < -0.3 is 14.5 Å². The van der Waals surface area contributed by atoms with Gasteiger partial charge in [0.2, 0.25) is 11.8 Å². The summed E-state index contributed by atoms with van der Waals surface area (Å²) in [5.74, 6) is 0.510. The number of methoxy groups -OCH3 is 1. The molecule has 1 atom stereocenters. The molecule has 3 rings (SSSR count). The zero-order chi connectivity index (χ0) is 18.7. The van der Waals surface area contributed by atoms with Crippen molar-refractivity contribution < 1.29 is 14.3 Å². The van der Waals surface area contributed by atoms with Gasteiger partial charge in [-0.1, -0.05) is 6.07 Å². The lowest BCUT2D eigenvalue weighted by Gasteiger charge is -2.26. The van der Waals surface area contributed by atoms with E-state index in [0.717, 1.165) is 16.3 Å². The van der Waals surface area contributed by atoms with Crippen LogP contribution in [0.1, 0.15) is 25.1 Å². The fraction of sp³-hybridized carbons (Fsp3) is 0.400. The Morgan fingerprint density at radius 3 is 2.58 bits per heavy atom. The third-order valence-corrected chi connectivity index (χ3v) is 5.54. The molecule has 0 N–H and O–H groups in total. The third kappa shape index (κ3) is 3.90. The molecule has 2 heterocycles. The summed E-state index contributed by atoms with van der Waals surface area (Å²) in [5, 5.41) is 2.01. The quantitative estimate of drug-likeness (QED) is 0.779. The summed E-state index contributed by atoms with van der Waals surface area (Å²) < 4.78 is 5.22. The first-order valence-corrected chi connectivity index (χ1v) is 9.65. The molecule has 138 valence electrons. The van der Waals surface area contributed by atoms with Gasteiger partial charge in [-0.15, -0.1) is 11.3 Å². The van der Waals surface area contributed by atoms with Crippen LogP contribution in [0.15, 0.2) is 41.8 Å². The van der Waals surface area contributed by atoms with Crippen LogP contribution in [0, 0.1) is 5.92 Å². The topological polar surface area (TPSA) is 49.9 Å². The molecule has 0 radical (unpaired) electrons. The Balaban J connectivity index is 1.84. The molecule has 26 heavy (non-hydrogen) atoms. The number of thiophene rings is 1. The molecule has 1 aromatic heterocycles. The number of rotatable bonds is 6. The maximum atomic E-state index is 13.3. The van der Waals surface area contributed by atoms with E-state index in [4.69, 9.17) is 4.74 Å². The third-order valence-electron chi connectivity index (χ3n) is 4.68. The number of carbonyl (C=O) groups excluding carboxylic acids is 2. The number of amides is 2. The second-order valence-corrected chi connectivity index (χ2v) is 7.77. The van der Waals surface area contributed by atoms with Gasteiger partial charge in [0.25, 0.3) is 0 Å². The van der Waals surface area contributed by atoms with Crippen molar-refractivity contribution in [3.8, 4) is 5.75 Å². The predicted octanol–water partition coefficient (Wildman–Crippen LogP) is 3.55. The molecule has 0 aliphatic carbocycles. The summed E-state index contributed by atoms with van der Waals surface area (Å²) in [6, 6.07) is 11.6. The highest BCUT2D eigenvalue weighted by atomic mass is 32.1. The lowest BCUT2D eigenvalue weighted by Crippen LogP contribution is -2.38. The van der Waals surface area contributed by atoms with Gasteiger partial charge in [0, 0.05) is 29.6 Å². The standard InChI is InChI=1S/C20H24N2O3S/c1-14(2)21-12-15(11-19(21)23)20(24)22(13-18-5-4-10-26-18)16-6-8-17(25-3)9-7-16/h4-10,14-15H,11-13H2,1-3H3. The minimum atomic E-state index is -0.299. The molecule has 1 unspecified atom stereocenters. The predicted molar refractivity (Wildman–Crippen MR) is 103 cm³/mol. The van der Waals surface area contributed by atoms with Gasteiger partial charge in [-0.3, -0.25) is 9.59 Å². The minimum absolute atomic E-state index is 0.0000619. The molecule has 5 nitrogen and oxygen atoms in total. The molecule has 0 spiro atoms. The molecular formula is C20H24N2O3S. The van der Waals surface area contributed by atoms with Crippen LogP contribution in [0.5, 0.6) is 5.75 Å². The van der Waals surface area contributed by atoms with Gasteiger partial charge in [0.1, 0.15) is 5.75 Å². The number of likely N-dealkylation sites (tertiary alicyclic amines) is 1. The van der Waals surface area contributed by atoms with Gasteiger partial charge in [-0.05, 0) is 49.6 Å². The van der Waals surface area contributed by atoms with Crippen LogP contribution >= 0.6 is 11.3 Å².